The van der Waals surface area contributed by atoms with E-state index in [4.69, 9.17) is 0 Å². The van der Waals surface area contributed by atoms with E-state index < -0.39 is 11.9 Å². The van der Waals surface area contributed by atoms with Crippen LogP contribution in [-0.4, -0.2) is 11.9 Å². The van der Waals surface area contributed by atoms with Crippen LogP contribution < -0.4 is 10.2 Å². The van der Waals surface area contributed by atoms with E-state index in [-0.39, 0.29) is 47.0 Å². The molecule has 2 atom stereocenters. The van der Waals surface area contributed by atoms with E-state index in [1.165, 1.54) is 57.8 Å². The Kier molecular flexibility index (Phi) is 18.3. The summed E-state index contributed by atoms with van der Waals surface area (Å²) in [6, 6.07) is 0. The van der Waals surface area contributed by atoms with Crippen molar-refractivity contribution in [3.05, 3.63) is 0 Å². The maximum atomic E-state index is 10.3. The Morgan fingerprint density at radius 2 is 1.04 bits per heavy atom. The topological polar surface area (TPSA) is 80.3 Å². The van der Waals surface area contributed by atoms with Crippen LogP contribution in [-0.2, 0) is 43.7 Å². The summed E-state index contributed by atoms with van der Waals surface area (Å²) in [4.78, 5) is 20.4. The van der Waals surface area contributed by atoms with Crippen LogP contribution in [0.15, 0.2) is 0 Å². The average molecular weight is 480 g/mol. The molecule has 0 heterocycles. The molecule has 2 radical (unpaired) electrons. The van der Waals surface area contributed by atoms with Crippen molar-refractivity contribution < 1.29 is 53.9 Å². The molecule has 2 aliphatic carbocycles. The minimum Gasteiger partial charge on any atom is -0.550 e. The molecule has 6 heteroatoms. The van der Waals surface area contributed by atoms with Crippen molar-refractivity contribution in [3.63, 3.8) is 0 Å². The fourth-order valence-corrected chi connectivity index (χ4v) is 4.38. The van der Waals surface area contributed by atoms with Gasteiger partial charge in [0.15, 0.2) is 0 Å². The van der Waals surface area contributed by atoms with Gasteiger partial charge in [-0.15, -0.1) is 0 Å². The van der Waals surface area contributed by atoms with Crippen LogP contribution >= 0.6 is 0 Å². The van der Waals surface area contributed by atoms with Crippen LogP contribution in [0.4, 0.5) is 0 Å². The van der Waals surface area contributed by atoms with E-state index in [2.05, 4.69) is 13.8 Å². The summed E-state index contributed by atoms with van der Waals surface area (Å²) in [7, 11) is 0. The van der Waals surface area contributed by atoms with E-state index in [0.717, 1.165) is 24.7 Å². The molecule has 164 valence electrons. The van der Waals surface area contributed by atoms with Gasteiger partial charge in [0.1, 0.15) is 0 Å². The Morgan fingerprint density at radius 3 is 1.44 bits per heavy atom. The molecule has 27 heavy (non-hydrogen) atoms. The zero-order valence-corrected chi connectivity index (χ0v) is 18.6. The number of hydrogen-bond donors (Lipinski definition) is 0. The Labute approximate surface area is 186 Å². The molecule has 0 spiro atoms. The second-order valence-corrected chi connectivity index (χ2v) is 8.07. The van der Waals surface area contributed by atoms with Gasteiger partial charge in [0.2, 0.25) is 0 Å². The first-order valence-corrected chi connectivity index (χ1v) is 10.3. The normalized spacial score (nSPS) is 26.7. The first-order chi connectivity index (χ1) is 11.9. The van der Waals surface area contributed by atoms with Crippen LogP contribution in [0, 0.1) is 23.7 Å². The van der Waals surface area contributed by atoms with E-state index in [0.29, 0.717) is 11.8 Å². The molecule has 0 aliphatic heterocycles. The Morgan fingerprint density at radius 1 is 0.667 bits per heavy atom. The monoisotopic (exact) mass is 478 g/mol. The zero-order chi connectivity index (χ0) is 18.7. The summed E-state index contributed by atoms with van der Waals surface area (Å²) >= 11 is 0. The number of carbonyl (C=O) groups is 2. The first kappa shape index (κ1) is 29.2. The van der Waals surface area contributed by atoms with Gasteiger partial charge in [-0.2, -0.15) is 0 Å². The molecule has 2 unspecified atom stereocenters. The summed E-state index contributed by atoms with van der Waals surface area (Å²) in [5.74, 6) is 1.29. The van der Waals surface area contributed by atoms with E-state index in [1.54, 1.807) is 0 Å². The van der Waals surface area contributed by atoms with E-state index in [9.17, 15) is 19.8 Å². The number of carbonyl (C=O) groups excluding carboxylic acids is 2. The number of carboxylic acids is 2. The standard InChI is InChI=1S/C11H20O2.C10H18O2.2Cu/c1-2-9-3-5-10(6-4-9)7-8-11(12)13;1-2-8-3-4-9(7-8)5-6-10(11)12;;/h9-10H,2-8H2,1H3,(H,12,13);8-9H,2-7H2,1H3,(H,11,12);;/q;;2*+2/p-2. The van der Waals surface area contributed by atoms with Crippen molar-refractivity contribution >= 4 is 11.9 Å². The van der Waals surface area contributed by atoms with Crippen molar-refractivity contribution in [2.75, 3.05) is 0 Å². The Bertz CT molecular complexity index is 396. The molecule has 2 rings (SSSR count). The average Bonchev–Trinajstić information content (AvgIpc) is 3.07. The van der Waals surface area contributed by atoms with Crippen LogP contribution in [0.2, 0.25) is 0 Å². The molecule has 0 N–H and O–H groups in total. The van der Waals surface area contributed by atoms with Crippen molar-refractivity contribution in [2.24, 2.45) is 23.7 Å². The third-order valence-electron chi connectivity index (χ3n) is 6.28. The maximum Gasteiger partial charge on any atom is 2.00 e. The smallest absolute Gasteiger partial charge is 0.550 e. The second-order valence-electron chi connectivity index (χ2n) is 8.07. The van der Waals surface area contributed by atoms with Crippen LogP contribution in [0.3, 0.4) is 0 Å². The summed E-state index contributed by atoms with van der Waals surface area (Å²) in [5, 5.41) is 20.4. The number of carboxylic acid groups (broad SMARTS) is 2. The molecule has 0 aromatic rings. The molecule has 4 nitrogen and oxygen atoms in total. The third-order valence-corrected chi connectivity index (χ3v) is 6.28. The molecular formula is C21H36Cu2O4+2. The number of aliphatic carboxylic acids is 2. The molecule has 2 aliphatic rings. The van der Waals surface area contributed by atoms with Crippen LogP contribution in [0.25, 0.3) is 0 Å². The number of rotatable bonds is 8. The predicted octanol–water partition coefficient (Wildman–Crippen LogP) is 3.07. The van der Waals surface area contributed by atoms with Gasteiger partial charge in [-0.05, 0) is 55.8 Å². The van der Waals surface area contributed by atoms with Gasteiger partial charge in [-0.1, -0.05) is 65.2 Å². The van der Waals surface area contributed by atoms with Gasteiger partial charge >= 0.3 is 34.1 Å². The van der Waals surface area contributed by atoms with Gasteiger partial charge in [-0.3, -0.25) is 0 Å². The molecule has 2 saturated carbocycles. The molecule has 0 bridgehead atoms. The van der Waals surface area contributed by atoms with Gasteiger partial charge in [0.05, 0.1) is 0 Å². The van der Waals surface area contributed by atoms with Crippen molar-refractivity contribution in [3.8, 4) is 0 Å². The van der Waals surface area contributed by atoms with Crippen molar-refractivity contribution in [1.82, 2.24) is 0 Å². The molecule has 0 saturated heterocycles. The first-order valence-electron chi connectivity index (χ1n) is 10.3. The van der Waals surface area contributed by atoms with Crippen molar-refractivity contribution in [2.45, 2.75) is 97.3 Å². The quantitative estimate of drug-likeness (QED) is 0.501. The number of hydrogen-bond acceptors (Lipinski definition) is 4. The SMILES string of the molecule is CCC1CCC(CCC(=O)[O-])C1.CCC1CCC(CCC(=O)[O-])CC1.[Cu+2].[Cu+2]. The summed E-state index contributed by atoms with van der Waals surface area (Å²) in [6.07, 6.45) is 13.5. The van der Waals surface area contributed by atoms with Gasteiger partial charge in [-0.25, -0.2) is 0 Å². The van der Waals surface area contributed by atoms with E-state index in [1.807, 2.05) is 0 Å². The maximum absolute atomic E-state index is 10.3. The van der Waals surface area contributed by atoms with Gasteiger partial charge in [0, 0.05) is 11.9 Å². The fraction of sp³-hybridized carbons (Fsp3) is 0.905. The third kappa shape index (κ3) is 13.7. The van der Waals surface area contributed by atoms with Crippen LogP contribution in [0.1, 0.15) is 97.3 Å². The summed E-state index contributed by atoms with van der Waals surface area (Å²) in [6.45, 7) is 4.46. The Hall–Kier alpha value is -0.0210. The van der Waals surface area contributed by atoms with Crippen molar-refractivity contribution in [1.29, 1.82) is 0 Å². The molecule has 2 fully saturated rings. The predicted molar refractivity (Wildman–Crippen MR) is 95.3 cm³/mol. The molecular weight excluding hydrogens is 443 g/mol. The van der Waals surface area contributed by atoms with Crippen LogP contribution in [0.5, 0.6) is 0 Å². The summed E-state index contributed by atoms with van der Waals surface area (Å²) in [5.41, 5.74) is 0. The molecule has 0 amide bonds. The zero-order valence-electron chi connectivity index (χ0n) is 16.7. The minimum absolute atomic E-state index is 0. The van der Waals surface area contributed by atoms with E-state index >= 15 is 0 Å². The van der Waals surface area contributed by atoms with Gasteiger partial charge in [0.25, 0.3) is 0 Å². The molecule has 0 aromatic heterocycles. The Balaban J connectivity index is 0. The molecule has 0 aromatic carbocycles. The summed E-state index contributed by atoms with van der Waals surface area (Å²) < 4.78 is 0. The van der Waals surface area contributed by atoms with Gasteiger partial charge < -0.3 is 19.8 Å². The fourth-order valence-electron chi connectivity index (χ4n) is 4.38. The largest absolute Gasteiger partial charge is 2.00 e. The minimum atomic E-state index is -0.894. The second kappa shape index (κ2) is 16.9.